The van der Waals surface area contributed by atoms with E-state index in [1.165, 1.54) is 0 Å². The zero-order chi connectivity index (χ0) is 21.3. The molecule has 0 saturated carbocycles. The molecule has 1 unspecified atom stereocenters. The van der Waals surface area contributed by atoms with Crippen molar-refractivity contribution in [1.82, 2.24) is 25.3 Å². The lowest BCUT2D eigenvalue weighted by Crippen LogP contribution is -2.48. The van der Waals surface area contributed by atoms with Crippen LogP contribution in [0, 0.1) is 12.3 Å². The predicted octanol–water partition coefficient (Wildman–Crippen LogP) is 0.802. The number of aromatic nitrogens is 2. The molecule has 2 fully saturated rings. The number of nitrogens with zero attached hydrogens (tertiary/aromatic N) is 3. The number of amides is 2. The van der Waals surface area contributed by atoms with Crippen LogP contribution in [0.4, 0.5) is 0 Å². The highest BCUT2D eigenvalue weighted by Gasteiger charge is 2.43. The average Bonchev–Trinajstić information content (AvgIpc) is 3.36. The number of aryl methyl sites for hydroxylation is 1. The monoisotopic (exact) mass is 412 g/mol. The summed E-state index contributed by atoms with van der Waals surface area (Å²) in [6.45, 7) is 5.49. The number of benzene rings is 1. The largest absolute Gasteiger partial charge is 0.342 e. The van der Waals surface area contributed by atoms with E-state index in [1.807, 2.05) is 16.7 Å². The van der Waals surface area contributed by atoms with E-state index in [1.54, 1.807) is 13.2 Å². The van der Waals surface area contributed by atoms with Gasteiger partial charge in [0, 0.05) is 31.6 Å². The van der Waals surface area contributed by atoms with Crippen LogP contribution < -0.4 is 11.1 Å². The number of nitrogens with one attached hydrogen (secondary N) is 2. The van der Waals surface area contributed by atoms with Crippen LogP contribution in [-0.4, -0.2) is 77.6 Å². The minimum atomic E-state index is -0.541. The minimum absolute atomic E-state index is 0.0329. The van der Waals surface area contributed by atoms with Crippen molar-refractivity contribution >= 4 is 22.7 Å². The molecule has 0 aliphatic carbocycles. The Balaban J connectivity index is 1.34. The van der Waals surface area contributed by atoms with Crippen molar-refractivity contribution in [3.8, 4) is 0 Å². The lowest BCUT2D eigenvalue weighted by molar-refractivity contribution is -0.134. The van der Waals surface area contributed by atoms with Crippen molar-refractivity contribution in [2.24, 2.45) is 11.1 Å². The van der Waals surface area contributed by atoms with Gasteiger partial charge in [0.25, 0.3) is 0 Å². The van der Waals surface area contributed by atoms with E-state index in [-0.39, 0.29) is 17.2 Å². The molecule has 0 bridgehead atoms. The standard InChI is InChI=1S/C22H32N6O2/c1-15-9-16(10-17-12-25-26-20(15)17)11-18(23)21(30)28-8-5-22(14-28)3-6-27(7-4-22)19(29)13-24-2/h9-10,12,18,24H,3-8,11,13-14,23H2,1-2H3,(H,25,26). The number of hydrogen-bond acceptors (Lipinski definition) is 5. The van der Waals surface area contributed by atoms with Crippen molar-refractivity contribution in [3.05, 3.63) is 29.5 Å². The Morgan fingerprint density at radius 3 is 2.63 bits per heavy atom. The van der Waals surface area contributed by atoms with E-state index in [4.69, 9.17) is 5.73 Å². The van der Waals surface area contributed by atoms with E-state index in [0.717, 1.165) is 67.5 Å². The highest BCUT2D eigenvalue weighted by molar-refractivity contribution is 5.84. The minimum Gasteiger partial charge on any atom is -0.342 e. The molecule has 8 heteroatoms. The fourth-order valence-electron chi connectivity index (χ4n) is 5.03. The summed E-state index contributed by atoms with van der Waals surface area (Å²) in [6, 6.07) is 3.60. The summed E-state index contributed by atoms with van der Waals surface area (Å²) < 4.78 is 0. The number of H-pyrrole nitrogens is 1. The van der Waals surface area contributed by atoms with Crippen molar-refractivity contribution in [2.45, 2.75) is 38.6 Å². The quantitative estimate of drug-likeness (QED) is 0.673. The van der Waals surface area contributed by atoms with Crippen LogP contribution in [0.15, 0.2) is 18.3 Å². The summed E-state index contributed by atoms with van der Waals surface area (Å²) in [5.41, 5.74) is 9.67. The van der Waals surface area contributed by atoms with Gasteiger partial charge in [0.15, 0.2) is 0 Å². The summed E-state index contributed by atoms with van der Waals surface area (Å²) in [5, 5.41) is 11.1. The van der Waals surface area contributed by atoms with Gasteiger partial charge in [-0.2, -0.15) is 5.10 Å². The molecule has 1 atom stereocenters. The molecule has 8 nitrogen and oxygen atoms in total. The molecule has 3 heterocycles. The Labute approximate surface area is 177 Å². The molecule has 162 valence electrons. The fourth-order valence-corrected chi connectivity index (χ4v) is 5.03. The zero-order valence-electron chi connectivity index (χ0n) is 17.9. The van der Waals surface area contributed by atoms with Gasteiger partial charge in [-0.15, -0.1) is 0 Å². The number of rotatable bonds is 5. The molecular weight excluding hydrogens is 380 g/mol. The highest BCUT2D eigenvalue weighted by Crippen LogP contribution is 2.40. The van der Waals surface area contributed by atoms with E-state index in [9.17, 15) is 9.59 Å². The predicted molar refractivity (Wildman–Crippen MR) is 116 cm³/mol. The highest BCUT2D eigenvalue weighted by atomic mass is 16.2. The third-order valence-corrected chi connectivity index (χ3v) is 6.83. The van der Waals surface area contributed by atoms with Gasteiger partial charge in [-0.05, 0) is 62.3 Å². The van der Waals surface area contributed by atoms with Crippen molar-refractivity contribution in [1.29, 1.82) is 0 Å². The van der Waals surface area contributed by atoms with Crippen LogP contribution in [-0.2, 0) is 16.0 Å². The Hall–Kier alpha value is -2.45. The molecule has 1 aromatic heterocycles. The van der Waals surface area contributed by atoms with Crippen molar-refractivity contribution < 1.29 is 9.59 Å². The van der Waals surface area contributed by atoms with Crippen LogP contribution >= 0.6 is 0 Å². The van der Waals surface area contributed by atoms with Gasteiger partial charge in [-0.1, -0.05) is 6.07 Å². The molecule has 4 rings (SSSR count). The first kappa shape index (κ1) is 20.8. The summed E-state index contributed by atoms with van der Waals surface area (Å²) >= 11 is 0. The summed E-state index contributed by atoms with van der Waals surface area (Å²) in [4.78, 5) is 29.0. The zero-order valence-corrected chi connectivity index (χ0v) is 17.9. The SMILES string of the molecule is CNCC(=O)N1CCC2(CC1)CCN(C(=O)C(N)Cc1cc(C)c3[nH]ncc3c1)C2. The second kappa shape index (κ2) is 8.35. The Bertz CT molecular complexity index is 931. The second-order valence-corrected chi connectivity index (χ2v) is 8.98. The molecule has 2 aromatic rings. The number of hydrogen-bond donors (Lipinski definition) is 3. The van der Waals surface area contributed by atoms with Crippen LogP contribution in [0.5, 0.6) is 0 Å². The molecule has 2 aliphatic heterocycles. The maximum Gasteiger partial charge on any atom is 0.239 e. The maximum atomic E-state index is 13.0. The van der Waals surface area contributed by atoms with Crippen LogP contribution in [0.25, 0.3) is 10.9 Å². The van der Waals surface area contributed by atoms with Gasteiger partial charge in [-0.3, -0.25) is 14.7 Å². The second-order valence-electron chi connectivity index (χ2n) is 8.98. The first-order valence-corrected chi connectivity index (χ1v) is 10.8. The Morgan fingerprint density at radius 1 is 1.23 bits per heavy atom. The summed E-state index contributed by atoms with van der Waals surface area (Å²) in [6.07, 6.45) is 5.24. The summed E-state index contributed by atoms with van der Waals surface area (Å²) in [7, 11) is 1.79. The Morgan fingerprint density at radius 2 is 1.93 bits per heavy atom. The molecule has 30 heavy (non-hydrogen) atoms. The van der Waals surface area contributed by atoms with E-state index >= 15 is 0 Å². The maximum absolute atomic E-state index is 13.0. The van der Waals surface area contributed by atoms with Crippen molar-refractivity contribution in [2.75, 3.05) is 39.8 Å². The van der Waals surface area contributed by atoms with E-state index in [2.05, 4.69) is 27.6 Å². The lowest BCUT2D eigenvalue weighted by Gasteiger charge is -2.39. The smallest absolute Gasteiger partial charge is 0.239 e. The molecule has 1 aromatic carbocycles. The number of piperidine rings is 1. The molecule has 2 aliphatic rings. The fraction of sp³-hybridized carbons (Fsp3) is 0.591. The van der Waals surface area contributed by atoms with E-state index in [0.29, 0.717) is 13.0 Å². The number of carbonyl (C=O) groups excluding carboxylic acids is 2. The van der Waals surface area contributed by atoms with Crippen LogP contribution in [0.1, 0.15) is 30.4 Å². The molecule has 4 N–H and O–H groups in total. The number of likely N-dealkylation sites (N-methyl/N-ethyl adjacent to an activating group) is 1. The third kappa shape index (κ3) is 4.06. The van der Waals surface area contributed by atoms with Crippen LogP contribution in [0.3, 0.4) is 0 Å². The van der Waals surface area contributed by atoms with E-state index < -0.39 is 6.04 Å². The topological polar surface area (TPSA) is 107 Å². The number of fused-ring (bicyclic) bond motifs is 1. The van der Waals surface area contributed by atoms with Gasteiger partial charge in [-0.25, -0.2) is 0 Å². The van der Waals surface area contributed by atoms with Gasteiger partial charge >= 0.3 is 0 Å². The number of aromatic amines is 1. The molecule has 1 spiro atoms. The third-order valence-electron chi connectivity index (χ3n) is 6.83. The molecular formula is C22H32N6O2. The van der Waals surface area contributed by atoms with Gasteiger partial charge in [0.1, 0.15) is 0 Å². The normalized spacial score (nSPS) is 19.6. The van der Waals surface area contributed by atoms with Gasteiger partial charge in [0.05, 0.1) is 24.3 Å². The molecule has 2 saturated heterocycles. The Kier molecular flexibility index (Phi) is 5.79. The van der Waals surface area contributed by atoms with Crippen LogP contribution in [0.2, 0.25) is 0 Å². The lowest BCUT2D eigenvalue weighted by atomic mass is 9.78. The first-order chi connectivity index (χ1) is 14.4. The number of likely N-dealkylation sites (tertiary alicyclic amines) is 2. The number of carbonyl (C=O) groups is 2. The summed E-state index contributed by atoms with van der Waals surface area (Å²) in [5.74, 6) is 0.190. The molecule has 2 amide bonds. The van der Waals surface area contributed by atoms with Gasteiger partial charge < -0.3 is 20.9 Å². The average molecular weight is 413 g/mol. The van der Waals surface area contributed by atoms with Gasteiger partial charge in [0.2, 0.25) is 11.8 Å². The number of nitrogens with two attached hydrogens (primary N) is 1. The molecule has 0 radical (unpaired) electrons. The first-order valence-electron chi connectivity index (χ1n) is 10.8. The van der Waals surface area contributed by atoms with Crippen molar-refractivity contribution in [3.63, 3.8) is 0 Å².